The van der Waals surface area contributed by atoms with Crippen molar-refractivity contribution in [1.29, 1.82) is 0 Å². The highest BCUT2D eigenvalue weighted by Crippen LogP contribution is 2.41. The molecular formula is C16H19F2NO5. The van der Waals surface area contributed by atoms with Crippen molar-refractivity contribution in [3.05, 3.63) is 23.8 Å². The Bertz CT molecular complexity index is 667. The molecule has 0 aliphatic carbocycles. The van der Waals surface area contributed by atoms with E-state index in [1.807, 2.05) is 0 Å². The molecule has 0 aromatic heterocycles. The number of imide groups is 1. The van der Waals surface area contributed by atoms with E-state index in [-0.39, 0.29) is 11.4 Å². The van der Waals surface area contributed by atoms with Crippen molar-refractivity contribution in [1.82, 2.24) is 0 Å². The van der Waals surface area contributed by atoms with Crippen LogP contribution in [0.4, 0.5) is 24.1 Å². The normalized spacial score (nSPS) is 16.5. The molecule has 0 unspecified atom stereocenters. The maximum absolute atomic E-state index is 12.4. The highest BCUT2D eigenvalue weighted by atomic mass is 19.3. The summed E-state index contributed by atoms with van der Waals surface area (Å²) < 4.78 is 39.6. The van der Waals surface area contributed by atoms with E-state index in [2.05, 4.69) is 4.74 Å². The van der Waals surface area contributed by atoms with Gasteiger partial charge in [0.15, 0.2) is 0 Å². The molecule has 0 spiro atoms. The molecule has 1 aromatic carbocycles. The number of fused-ring (bicyclic) bond motifs is 1. The average molecular weight is 343 g/mol. The number of anilines is 1. The molecule has 8 heteroatoms. The molecule has 0 saturated heterocycles. The third-order valence-corrected chi connectivity index (χ3v) is 3.18. The summed E-state index contributed by atoms with van der Waals surface area (Å²) in [5, 5.41) is 0. The van der Waals surface area contributed by atoms with Crippen LogP contribution in [0, 0.1) is 0 Å². The Kier molecular flexibility index (Phi) is 4.43. The lowest BCUT2D eigenvalue weighted by molar-refractivity contribution is -0.0503. The van der Waals surface area contributed by atoms with E-state index in [0.29, 0.717) is 5.56 Å². The molecule has 0 saturated carbocycles. The van der Waals surface area contributed by atoms with E-state index in [1.165, 1.54) is 18.2 Å². The minimum Gasteiger partial charge on any atom is -0.443 e. The van der Waals surface area contributed by atoms with E-state index >= 15 is 0 Å². The second-order valence-electron chi connectivity index (χ2n) is 6.75. The number of benzene rings is 1. The minimum atomic E-state index is -2.99. The molecule has 2 rings (SSSR count). The molecule has 1 aliphatic heterocycles. The Labute approximate surface area is 138 Å². The molecule has 132 valence electrons. The number of rotatable bonds is 2. The second-order valence-corrected chi connectivity index (χ2v) is 6.75. The van der Waals surface area contributed by atoms with Crippen LogP contribution in [-0.4, -0.2) is 24.4 Å². The highest BCUT2D eigenvalue weighted by Gasteiger charge is 2.43. The Morgan fingerprint density at radius 2 is 1.92 bits per heavy atom. The van der Waals surface area contributed by atoms with Gasteiger partial charge in [-0.3, -0.25) is 0 Å². The van der Waals surface area contributed by atoms with E-state index < -0.39 is 30.0 Å². The van der Waals surface area contributed by atoms with Crippen molar-refractivity contribution in [2.45, 2.75) is 52.4 Å². The van der Waals surface area contributed by atoms with Crippen molar-refractivity contribution in [3.8, 4) is 5.75 Å². The highest BCUT2D eigenvalue weighted by molar-refractivity contribution is 6.11. The Balaban J connectivity index is 2.47. The summed E-state index contributed by atoms with van der Waals surface area (Å²) in [4.78, 5) is 25.3. The minimum absolute atomic E-state index is 0.0982. The summed E-state index contributed by atoms with van der Waals surface area (Å²) in [5.74, 6) is -0.0982. The molecule has 0 atom stereocenters. The predicted octanol–water partition coefficient (Wildman–Crippen LogP) is 4.41. The Morgan fingerprint density at radius 3 is 2.46 bits per heavy atom. The van der Waals surface area contributed by atoms with Gasteiger partial charge in [0.25, 0.3) is 0 Å². The van der Waals surface area contributed by atoms with Gasteiger partial charge in [0.2, 0.25) is 0 Å². The summed E-state index contributed by atoms with van der Waals surface area (Å²) in [6.45, 7) is 5.16. The molecule has 0 bridgehead atoms. The zero-order chi connectivity index (χ0) is 18.3. The van der Waals surface area contributed by atoms with Gasteiger partial charge in [-0.05, 0) is 52.8 Å². The van der Waals surface area contributed by atoms with Crippen LogP contribution in [0.5, 0.6) is 5.75 Å². The van der Waals surface area contributed by atoms with Crippen LogP contribution in [0.2, 0.25) is 0 Å². The first-order valence-corrected chi connectivity index (χ1v) is 7.26. The van der Waals surface area contributed by atoms with Gasteiger partial charge in [-0.2, -0.15) is 13.7 Å². The topological polar surface area (TPSA) is 65.1 Å². The molecule has 24 heavy (non-hydrogen) atoms. The number of ether oxygens (including phenoxy) is 3. The number of alkyl halides is 2. The largest absolute Gasteiger partial charge is 0.443 e. The lowest BCUT2D eigenvalue weighted by atomic mass is 9.94. The van der Waals surface area contributed by atoms with Crippen molar-refractivity contribution >= 4 is 17.9 Å². The molecular weight excluding hydrogens is 324 g/mol. The summed E-state index contributed by atoms with van der Waals surface area (Å²) >= 11 is 0. The number of hydrogen-bond acceptors (Lipinski definition) is 5. The molecule has 1 heterocycles. The predicted molar refractivity (Wildman–Crippen MR) is 81.3 cm³/mol. The number of cyclic esters (lactones) is 1. The lowest BCUT2D eigenvalue weighted by Crippen LogP contribution is -2.48. The maximum atomic E-state index is 12.4. The fourth-order valence-corrected chi connectivity index (χ4v) is 2.27. The van der Waals surface area contributed by atoms with Crippen LogP contribution in [0.1, 0.15) is 40.2 Å². The third-order valence-electron chi connectivity index (χ3n) is 3.18. The van der Waals surface area contributed by atoms with Gasteiger partial charge < -0.3 is 14.2 Å². The van der Waals surface area contributed by atoms with E-state index in [4.69, 9.17) is 9.47 Å². The molecule has 6 nitrogen and oxygen atoms in total. The van der Waals surface area contributed by atoms with Crippen molar-refractivity contribution in [3.63, 3.8) is 0 Å². The number of nitrogens with zero attached hydrogens (tertiary/aromatic N) is 1. The SMILES string of the molecule is CC(C)(C)OC(=O)N1C(=O)OC(C)(C)c2cc(OC(F)F)ccc21. The number of carbonyl (C=O) groups is 2. The van der Waals surface area contributed by atoms with E-state index in [0.717, 1.165) is 4.90 Å². The standard InChI is InChI=1S/C16H19F2NO5/c1-15(2,3)23-13(20)19-11-7-6-9(22-12(17)18)8-10(11)16(4,5)24-14(19)21/h6-8,12H,1-5H3. The van der Waals surface area contributed by atoms with Crippen LogP contribution in [-0.2, 0) is 15.1 Å². The summed E-state index contributed by atoms with van der Waals surface area (Å²) in [7, 11) is 0. The molecule has 1 aliphatic rings. The monoisotopic (exact) mass is 343 g/mol. The molecule has 0 N–H and O–H groups in total. The van der Waals surface area contributed by atoms with Crippen LogP contribution in [0.25, 0.3) is 0 Å². The van der Waals surface area contributed by atoms with E-state index in [9.17, 15) is 18.4 Å². The number of amides is 2. The first-order chi connectivity index (χ1) is 10.9. The number of halogens is 2. The Hall–Kier alpha value is -2.38. The zero-order valence-corrected chi connectivity index (χ0v) is 14.1. The maximum Gasteiger partial charge on any atom is 0.424 e. The second kappa shape index (κ2) is 5.92. The van der Waals surface area contributed by atoms with Crippen LogP contribution in [0.3, 0.4) is 0 Å². The molecule has 0 fully saturated rings. The smallest absolute Gasteiger partial charge is 0.424 e. The first kappa shape index (κ1) is 18.0. The third kappa shape index (κ3) is 3.74. The quantitative estimate of drug-likeness (QED) is 0.795. The molecule has 1 aromatic rings. The van der Waals surface area contributed by atoms with Crippen LogP contribution >= 0.6 is 0 Å². The van der Waals surface area contributed by atoms with E-state index in [1.54, 1.807) is 34.6 Å². The fourth-order valence-electron chi connectivity index (χ4n) is 2.27. The van der Waals surface area contributed by atoms with Gasteiger partial charge in [-0.25, -0.2) is 9.59 Å². The van der Waals surface area contributed by atoms with Gasteiger partial charge in [0.1, 0.15) is 17.0 Å². The summed E-state index contributed by atoms with van der Waals surface area (Å²) in [6, 6.07) is 3.90. The van der Waals surface area contributed by atoms with Gasteiger partial charge >= 0.3 is 18.8 Å². The fraction of sp³-hybridized carbons (Fsp3) is 0.500. The average Bonchev–Trinajstić information content (AvgIpc) is 2.35. The van der Waals surface area contributed by atoms with Gasteiger partial charge in [-0.15, -0.1) is 0 Å². The lowest BCUT2D eigenvalue weighted by Gasteiger charge is -2.37. The van der Waals surface area contributed by atoms with Crippen molar-refractivity contribution in [2.24, 2.45) is 0 Å². The van der Waals surface area contributed by atoms with Gasteiger partial charge in [0, 0.05) is 5.56 Å². The molecule has 2 amide bonds. The number of hydrogen-bond donors (Lipinski definition) is 0. The first-order valence-electron chi connectivity index (χ1n) is 7.26. The summed E-state index contributed by atoms with van der Waals surface area (Å²) in [5.41, 5.74) is -1.38. The van der Waals surface area contributed by atoms with Crippen LogP contribution in [0.15, 0.2) is 18.2 Å². The van der Waals surface area contributed by atoms with Gasteiger partial charge in [0.05, 0.1) is 5.69 Å². The number of carbonyl (C=O) groups excluding carboxylic acids is 2. The zero-order valence-electron chi connectivity index (χ0n) is 14.1. The Morgan fingerprint density at radius 1 is 1.29 bits per heavy atom. The molecule has 0 radical (unpaired) electrons. The van der Waals surface area contributed by atoms with Crippen LogP contribution < -0.4 is 9.64 Å². The summed E-state index contributed by atoms with van der Waals surface area (Å²) in [6.07, 6.45) is -1.81. The van der Waals surface area contributed by atoms with Crippen molar-refractivity contribution in [2.75, 3.05) is 4.90 Å². The van der Waals surface area contributed by atoms with Gasteiger partial charge in [-0.1, -0.05) is 0 Å². The van der Waals surface area contributed by atoms with Crippen molar-refractivity contribution < 1.29 is 32.6 Å².